The molecule has 0 spiro atoms. The number of anilines is 1. The van der Waals surface area contributed by atoms with Crippen molar-refractivity contribution < 1.29 is 0 Å². The van der Waals surface area contributed by atoms with Gasteiger partial charge in [-0.05, 0) is 91.9 Å². The van der Waals surface area contributed by atoms with E-state index >= 15 is 0 Å². The highest BCUT2D eigenvalue weighted by Gasteiger charge is 2.19. The van der Waals surface area contributed by atoms with Crippen LogP contribution in [0.4, 0.5) is 5.69 Å². The van der Waals surface area contributed by atoms with Crippen LogP contribution >= 0.6 is 0 Å². The van der Waals surface area contributed by atoms with Gasteiger partial charge in [-0.2, -0.15) is 5.10 Å². The van der Waals surface area contributed by atoms with Gasteiger partial charge in [0.15, 0.2) is 11.5 Å². The second kappa shape index (κ2) is 11.0. The molecule has 5 aromatic rings. The summed E-state index contributed by atoms with van der Waals surface area (Å²) in [7, 11) is 0. The molecule has 3 N–H and O–H groups in total. The first-order valence-electron chi connectivity index (χ1n) is 15.2. The second-order valence-electron chi connectivity index (χ2n) is 11.7. The molecule has 40 heavy (non-hydrogen) atoms. The lowest BCUT2D eigenvalue weighted by molar-refractivity contribution is 0.489. The molecule has 1 saturated carbocycles. The lowest BCUT2D eigenvalue weighted by atomic mass is 9.98. The molecule has 3 aromatic heterocycles. The van der Waals surface area contributed by atoms with Crippen molar-refractivity contribution in [1.29, 1.82) is 0 Å². The zero-order chi connectivity index (χ0) is 26.9. The highest BCUT2D eigenvalue weighted by Crippen LogP contribution is 2.33. The number of aryl methyl sites for hydroxylation is 1. The normalized spacial score (nSPS) is 16.5. The summed E-state index contributed by atoms with van der Waals surface area (Å²) in [5, 5.41) is 12.5. The third kappa shape index (κ3) is 4.99. The van der Waals surface area contributed by atoms with E-state index in [1.807, 2.05) is 6.20 Å². The maximum atomic E-state index is 5.09. The second-order valence-corrected chi connectivity index (χ2v) is 11.7. The summed E-state index contributed by atoms with van der Waals surface area (Å²) in [6.45, 7) is 6.44. The van der Waals surface area contributed by atoms with Gasteiger partial charge >= 0.3 is 0 Å². The first kappa shape index (κ1) is 25.3. The van der Waals surface area contributed by atoms with Gasteiger partial charge in [0.1, 0.15) is 11.2 Å². The molecule has 0 bridgehead atoms. The van der Waals surface area contributed by atoms with Gasteiger partial charge in [0.2, 0.25) is 0 Å². The Morgan fingerprint density at radius 3 is 2.65 bits per heavy atom. The smallest absolute Gasteiger partial charge is 0.181 e. The molecule has 0 unspecified atom stereocenters. The van der Waals surface area contributed by atoms with Crippen LogP contribution in [-0.4, -0.2) is 44.8 Å². The molecular formula is C33H39N7. The molecular weight excluding hydrogens is 494 g/mol. The van der Waals surface area contributed by atoms with Crippen LogP contribution in [0.5, 0.6) is 0 Å². The fourth-order valence-electron chi connectivity index (χ4n) is 6.63. The molecule has 2 fully saturated rings. The van der Waals surface area contributed by atoms with Crippen LogP contribution in [-0.2, 0) is 13.0 Å². The van der Waals surface area contributed by atoms with Crippen LogP contribution in [0, 0.1) is 5.92 Å². The van der Waals surface area contributed by atoms with Gasteiger partial charge in [-0.25, -0.2) is 9.97 Å². The van der Waals surface area contributed by atoms with Crippen LogP contribution in [0.2, 0.25) is 0 Å². The summed E-state index contributed by atoms with van der Waals surface area (Å²) in [4.78, 5) is 15.9. The highest BCUT2D eigenvalue weighted by molar-refractivity contribution is 5.96. The number of benzene rings is 2. The van der Waals surface area contributed by atoms with E-state index in [-0.39, 0.29) is 0 Å². The van der Waals surface area contributed by atoms with Gasteiger partial charge in [-0.15, -0.1) is 0 Å². The first-order valence-corrected chi connectivity index (χ1v) is 15.2. The monoisotopic (exact) mass is 533 g/mol. The molecule has 7 rings (SSSR count). The molecule has 0 amide bonds. The molecule has 206 valence electrons. The summed E-state index contributed by atoms with van der Waals surface area (Å²) in [5.74, 6) is 1.65. The Bertz CT molecular complexity index is 1620. The lowest BCUT2D eigenvalue weighted by Gasteiger charge is -2.28. The van der Waals surface area contributed by atoms with E-state index in [0.29, 0.717) is 5.65 Å². The average molecular weight is 534 g/mol. The maximum absolute atomic E-state index is 5.09. The van der Waals surface area contributed by atoms with Crippen LogP contribution in [0.15, 0.2) is 48.7 Å². The number of imidazole rings is 1. The number of nitrogens with zero attached hydrogens (tertiary/aromatic N) is 4. The Labute approximate surface area is 235 Å². The van der Waals surface area contributed by atoms with Gasteiger partial charge in [0.05, 0.1) is 16.6 Å². The van der Waals surface area contributed by atoms with Crippen molar-refractivity contribution in [3.05, 3.63) is 59.8 Å². The number of hydrogen-bond donors (Lipinski definition) is 3. The third-order valence-electron chi connectivity index (χ3n) is 8.87. The van der Waals surface area contributed by atoms with Crippen molar-refractivity contribution >= 4 is 27.8 Å². The van der Waals surface area contributed by atoms with Crippen LogP contribution in [0.3, 0.4) is 0 Å². The van der Waals surface area contributed by atoms with Crippen molar-refractivity contribution in [1.82, 2.24) is 30.5 Å². The Morgan fingerprint density at radius 1 is 0.950 bits per heavy atom. The van der Waals surface area contributed by atoms with Crippen molar-refractivity contribution in [3.8, 4) is 22.6 Å². The first-order chi connectivity index (χ1) is 19.7. The fourth-order valence-corrected chi connectivity index (χ4v) is 6.63. The van der Waals surface area contributed by atoms with Crippen LogP contribution in [0.25, 0.3) is 44.7 Å². The zero-order valence-electron chi connectivity index (χ0n) is 23.5. The minimum Gasteiger partial charge on any atom is -0.370 e. The van der Waals surface area contributed by atoms with Crippen molar-refractivity contribution in [2.24, 2.45) is 5.92 Å². The van der Waals surface area contributed by atoms with Crippen LogP contribution in [0.1, 0.15) is 63.0 Å². The standard InChI is InChI=1S/C33H39N7/c1-2-22-15-24(20-34-19-23-9-4-5-10-23)17-25(16-22)26-18-27-30(38-39-32(27)35-21-26)33-36-28-11-8-12-29(31(28)37-33)40-13-6-3-7-14-40/h8,11-12,15-18,21,23,34H,2-7,9-10,13-14,19-20H2,1H3,(H,36,37)(H,35,38,39). The number of pyridine rings is 1. The largest absolute Gasteiger partial charge is 0.370 e. The van der Waals surface area contributed by atoms with Crippen molar-refractivity contribution in [2.75, 3.05) is 24.5 Å². The number of piperidine rings is 1. The Morgan fingerprint density at radius 2 is 1.80 bits per heavy atom. The predicted molar refractivity (Wildman–Crippen MR) is 164 cm³/mol. The van der Waals surface area contributed by atoms with Crippen LogP contribution < -0.4 is 10.2 Å². The quantitative estimate of drug-likeness (QED) is 0.200. The summed E-state index contributed by atoms with van der Waals surface area (Å²) in [5.41, 5.74) is 9.88. The van der Waals surface area contributed by atoms with Crippen molar-refractivity contribution in [3.63, 3.8) is 0 Å². The Balaban J connectivity index is 1.20. The molecule has 7 heteroatoms. The molecule has 2 aliphatic rings. The highest BCUT2D eigenvalue weighted by atomic mass is 15.2. The van der Waals surface area contributed by atoms with E-state index in [1.54, 1.807) is 0 Å². The SMILES string of the molecule is CCc1cc(CNCC2CCCC2)cc(-c2cnc3n[nH]c(-c4nc5c(N6CCCCC6)cccc5[nH]4)c3c2)c1. The molecule has 1 aliphatic carbocycles. The van der Waals surface area contributed by atoms with E-state index in [9.17, 15) is 0 Å². The summed E-state index contributed by atoms with van der Waals surface area (Å²) < 4.78 is 0. The van der Waals surface area contributed by atoms with E-state index < -0.39 is 0 Å². The topological polar surface area (TPSA) is 85.5 Å². The third-order valence-corrected chi connectivity index (χ3v) is 8.87. The molecule has 0 radical (unpaired) electrons. The van der Waals surface area contributed by atoms with Gasteiger partial charge < -0.3 is 15.2 Å². The zero-order valence-corrected chi connectivity index (χ0v) is 23.5. The number of aromatic amines is 2. The van der Waals surface area contributed by atoms with Gasteiger partial charge in [0, 0.05) is 31.4 Å². The number of fused-ring (bicyclic) bond motifs is 2. The lowest BCUT2D eigenvalue weighted by Crippen LogP contribution is -2.29. The Kier molecular flexibility index (Phi) is 6.98. The molecule has 0 atom stereocenters. The maximum Gasteiger partial charge on any atom is 0.181 e. The average Bonchev–Trinajstić information content (AvgIpc) is 3.76. The van der Waals surface area contributed by atoms with Gasteiger partial charge in [-0.1, -0.05) is 38.0 Å². The number of hydrogen-bond acceptors (Lipinski definition) is 5. The molecule has 7 nitrogen and oxygen atoms in total. The van der Waals surface area contributed by atoms with E-state index in [1.165, 1.54) is 67.3 Å². The number of aromatic nitrogens is 5. The molecule has 1 saturated heterocycles. The molecule has 1 aliphatic heterocycles. The Hall–Kier alpha value is -3.71. The summed E-state index contributed by atoms with van der Waals surface area (Å²) >= 11 is 0. The van der Waals surface area contributed by atoms with E-state index in [4.69, 9.17) is 9.97 Å². The van der Waals surface area contributed by atoms with Gasteiger partial charge in [-0.3, -0.25) is 5.10 Å². The minimum atomic E-state index is 0.709. The number of para-hydroxylation sites is 1. The molecule has 4 heterocycles. The number of nitrogens with one attached hydrogen (secondary N) is 3. The van der Waals surface area contributed by atoms with Crippen molar-refractivity contribution in [2.45, 2.75) is 64.8 Å². The fraction of sp³-hybridized carbons (Fsp3) is 0.424. The van der Waals surface area contributed by atoms with E-state index in [0.717, 1.165) is 72.0 Å². The molecule has 2 aromatic carbocycles. The predicted octanol–water partition coefficient (Wildman–Crippen LogP) is 7.00. The summed E-state index contributed by atoms with van der Waals surface area (Å²) in [6, 6.07) is 15.6. The van der Waals surface area contributed by atoms with E-state index in [2.05, 4.69) is 74.8 Å². The van der Waals surface area contributed by atoms with Gasteiger partial charge in [0.25, 0.3) is 0 Å². The summed E-state index contributed by atoms with van der Waals surface area (Å²) in [6.07, 6.45) is 12.3. The number of H-pyrrole nitrogens is 2. The minimum absolute atomic E-state index is 0.709. The number of rotatable bonds is 8.